The van der Waals surface area contributed by atoms with Gasteiger partial charge in [0.05, 0.1) is 11.0 Å². The van der Waals surface area contributed by atoms with E-state index < -0.39 is 0 Å². The van der Waals surface area contributed by atoms with Crippen LogP contribution in [0.1, 0.15) is 19.3 Å². The lowest BCUT2D eigenvalue weighted by atomic mass is 10.1. The van der Waals surface area contributed by atoms with E-state index in [1.165, 1.54) is 32.4 Å². The van der Waals surface area contributed by atoms with Gasteiger partial charge in [-0.3, -0.25) is 4.90 Å². The van der Waals surface area contributed by atoms with Crippen LogP contribution in [0, 0.1) is 0 Å². The summed E-state index contributed by atoms with van der Waals surface area (Å²) in [7, 11) is 0. The molecule has 3 N–H and O–H groups in total. The van der Waals surface area contributed by atoms with E-state index in [2.05, 4.69) is 20.2 Å². The van der Waals surface area contributed by atoms with Crippen molar-refractivity contribution in [1.29, 1.82) is 0 Å². The molecule has 0 amide bonds. The number of nitrogens with zero attached hydrogens (tertiary/aromatic N) is 1. The van der Waals surface area contributed by atoms with Crippen LogP contribution in [0.3, 0.4) is 0 Å². The minimum Gasteiger partial charge on any atom is -0.381 e. The Hall–Kier alpha value is -1.75. The first-order chi connectivity index (χ1) is 9.29. The van der Waals surface area contributed by atoms with Gasteiger partial charge in [0.1, 0.15) is 0 Å². The summed E-state index contributed by atoms with van der Waals surface area (Å²) in [4.78, 5) is 19.4. The highest BCUT2D eigenvalue weighted by atomic mass is 16.1. The van der Waals surface area contributed by atoms with E-state index in [-0.39, 0.29) is 5.69 Å². The van der Waals surface area contributed by atoms with E-state index in [9.17, 15) is 4.79 Å². The summed E-state index contributed by atoms with van der Waals surface area (Å²) in [5.41, 5.74) is 2.69. The maximum atomic E-state index is 11.3. The standard InChI is InChI=1S/C14H18N4O/c19-14-16-10-4-3-9(8-12(10)17-14)15-11-5-7-18-6-1-2-13(11)18/h3-4,8,11,13,15H,1-2,5-7H2,(H2,16,17,19). The molecule has 2 aliphatic rings. The second-order valence-corrected chi connectivity index (χ2v) is 5.62. The van der Waals surface area contributed by atoms with Crippen LogP contribution >= 0.6 is 0 Å². The van der Waals surface area contributed by atoms with Gasteiger partial charge in [0, 0.05) is 24.3 Å². The summed E-state index contributed by atoms with van der Waals surface area (Å²) in [5, 5.41) is 3.64. The SMILES string of the molecule is O=c1[nH]c2ccc(NC3CCN4CCCC34)cc2[nH]1. The molecule has 2 fully saturated rings. The van der Waals surface area contributed by atoms with Crippen LogP contribution in [0.25, 0.3) is 11.0 Å². The fourth-order valence-corrected chi connectivity index (χ4v) is 3.59. The molecule has 2 aromatic rings. The average molecular weight is 258 g/mol. The lowest BCUT2D eigenvalue weighted by molar-refractivity contribution is 0.318. The minimum absolute atomic E-state index is 0.144. The highest BCUT2D eigenvalue weighted by molar-refractivity contribution is 5.78. The molecule has 2 aliphatic heterocycles. The van der Waals surface area contributed by atoms with Crippen molar-refractivity contribution in [1.82, 2.24) is 14.9 Å². The van der Waals surface area contributed by atoms with Gasteiger partial charge >= 0.3 is 5.69 Å². The third-order valence-electron chi connectivity index (χ3n) is 4.47. The smallest absolute Gasteiger partial charge is 0.323 e. The van der Waals surface area contributed by atoms with E-state index >= 15 is 0 Å². The van der Waals surface area contributed by atoms with Gasteiger partial charge in [-0.15, -0.1) is 0 Å². The maximum Gasteiger partial charge on any atom is 0.323 e. The van der Waals surface area contributed by atoms with Crippen LogP contribution in [0.5, 0.6) is 0 Å². The molecule has 0 spiro atoms. The van der Waals surface area contributed by atoms with Crippen LogP contribution in [0.2, 0.25) is 0 Å². The third kappa shape index (κ3) is 1.85. The molecule has 2 unspecified atom stereocenters. The molecule has 19 heavy (non-hydrogen) atoms. The van der Waals surface area contributed by atoms with Crippen molar-refractivity contribution in [3.05, 3.63) is 28.7 Å². The summed E-state index contributed by atoms with van der Waals surface area (Å²) in [5.74, 6) is 0. The molecule has 2 atom stereocenters. The van der Waals surface area contributed by atoms with Gasteiger partial charge in [-0.25, -0.2) is 4.79 Å². The van der Waals surface area contributed by atoms with E-state index in [0.29, 0.717) is 12.1 Å². The van der Waals surface area contributed by atoms with Crippen molar-refractivity contribution in [3.8, 4) is 0 Å². The summed E-state index contributed by atoms with van der Waals surface area (Å²) < 4.78 is 0. The maximum absolute atomic E-state index is 11.3. The molecule has 5 nitrogen and oxygen atoms in total. The van der Waals surface area contributed by atoms with Crippen molar-refractivity contribution >= 4 is 16.7 Å². The second kappa shape index (κ2) is 4.13. The molecule has 1 aromatic carbocycles. The van der Waals surface area contributed by atoms with Crippen LogP contribution in [-0.2, 0) is 0 Å². The van der Waals surface area contributed by atoms with Crippen LogP contribution in [0.15, 0.2) is 23.0 Å². The predicted molar refractivity (Wildman–Crippen MR) is 75.5 cm³/mol. The topological polar surface area (TPSA) is 63.9 Å². The van der Waals surface area contributed by atoms with E-state index in [1.54, 1.807) is 0 Å². The molecule has 4 rings (SSSR count). The zero-order chi connectivity index (χ0) is 12.8. The molecule has 2 saturated heterocycles. The Labute approximate surface area is 111 Å². The first kappa shape index (κ1) is 11.1. The van der Waals surface area contributed by atoms with Crippen molar-refractivity contribution in [2.45, 2.75) is 31.3 Å². The molecule has 1 aromatic heterocycles. The number of nitrogens with one attached hydrogen (secondary N) is 3. The highest BCUT2D eigenvalue weighted by Crippen LogP contribution is 2.30. The zero-order valence-corrected chi connectivity index (χ0v) is 10.8. The van der Waals surface area contributed by atoms with Gasteiger partial charge in [-0.1, -0.05) is 0 Å². The Morgan fingerprint density at radius 2 is 2.05 bits per heavy atom. The first-order valence-corrected chi connectivity index (χ1v) is 7.02. The van der Waals surface area contributed by atoms with E-state index in [4.69, 9.17) is 0 Å². The van der Waals surface area contributed by atoms with Crippen LogP contribution in [0.4, 0.5) is 5.69 Å². The van der Waals surface area contributed by atoms with Gasteiger partial charge in [-0.05, 0) is 44.0 Å². The largest absolute Gasteiger partial charge is 0.381 e. The summed E-state index contributed by atoms with van der Waals surface area (Å²) in [6, 6.07) is 7.26. The molecule has 0 radical (unpaired) electrons. The van der Waals surface area contributed by atoms with Crippen LogP contribution in [-0.4, -0.2) is 40.0 Å². The summed E-state index contributed by atoms with van der Waals surface area (Å²) >= 11 is 0. The van der Waals surface area contributed by atoms with Crippen molar-refractivity contribution in [3.63, 3.8) is 0 Å². The number of fused-ring (bicyclic) bond motifs is 2. The molecule has 100 valence electrons. The molecular formula is C14H18N4O. The molecule has 5 heteroatoms. The highest BCUT2D eigenvalue weighted by Gasteiger charge is 2.36. The monoisotopic (exact) mass is 258 g/mol. The fourth-order valence-electron chi connectivity index (χ4n) is 3.59. The van der Waals surface area contributed by atoms with Gasteiger partial charge in [-0.2, -0.15) is 0 Å². The number of anilines is 1. The Morgan fingerprint density at radius 1 is 1.16 bits per heavy atom. The Bertz CT molecular complexity index is 659. The molecule has 0 aliphatic carbocycles. The molecular weight excluding hydrogens is 240 g/mol. The van der Waals surface area contributed by atoms with E-state index in [1.807, 2.05) is 18.2 Å². The quantitative estimate of drug-likeness (QED) is 0.765. The minimum atomic E-state index is -0.144. The average Bonchev–Trinajstić information content (AvgIpc) is 3.05. The lowest BCUT2D eigenvalue weighted by Crippen LogP contribution is -2.33. The fraction of sp³-hybridized carbons (Fsp3) is 0.500. The first-order valence-electron chi connectivity index (χ1n) is 7.02. The Kier molecular flexibility index (Phi) is 2.41. The number of H-pyrrole nitrogens is 2. The van der Waals surface area contributed by atoms with Crippen molar-refractivity contribution in [2.24, 2.45) is 0 Å². The summed E-state index contributed by atoms with van der Waals surface area (Å²) in [6.45, 7) is 2.47. The van der Waals surface area contributed by atoms with Gasteiger partial charge < -0.3 is 15.3 Å². The summed E-state index contributed by atoms with van der Waals surface area (Å²) in [6.07, 6.45) is 3.85. The number of hydrogen-bond donors (Lipinski definition) is 3. The van der Waals surface area contributed by atoms with E-state index in [0.717, 1.165) is 16.7 Å². The number of imidazole rings is 1. The number of hydrogen-bond acceptors (Lipinski definition) is 3. The Balaban J connectivity index is 1.59. The van der Waals surface area contributed by atoms with Crippen molar-refractivity contribution in [2.75, 3.05) is 18.4 Å². The number of rotatable bonds is 2. The second-order valence-electron chi connectivity index (χ2n) is 5.62. The normalized spacial score (nSPS) is 26.9. The predicted octanol–water partition coefficient (Wildman–Crippen LogP) is 1.50. The third-order valence-corrected chi connectivity index (χ3v) is 4.47. The molecule has 0 saturated carbocycles. The van der Waals surface area contributed by atoms with Gasteiger partial charge in [0.2, 0.25) is 0 Å². The molecule has 3 heterocycles. The molecule has 0 bridgehead atoms. The van der Waals surface area contributed by atoms with Crippen molar-refractivity contribution < 1.29 is 0 Å². The van der Waals surface area contributed by atoms with Gasteiger partial charge in [0.25, 0.3) is 0 Å². The number of benzene rings is 1. The zero-order valence-electron chi connectivity index (χ0n) is 10.8. The van der Waals surface area contributed by atoms with Crippen LogP contribution < -0.4 is 11.0 Å². The van der Waals surface area contributed by atoms with Gasteiger partial charge in [0.15, 0.2) is 0 Å². The number of aromatic nitrogens is 2. The number of aromatic amines is 2. The Morgan fingerprint density at radius 3 is 3.00 bits per heavy atom. The lowest BCUT2D eigenvalue weighted by Gasteiger charge is -2.22.